The highest BCUT2D eigenvalue weighted by molar-refractivity contribution is 5.91. The van der Waals surface area contributed by atoms with Gasteiger partial charge in [-0.3, -0.25) is 0 Å². The topological polar surface area (TPSA) is 63.8 Å². The monoisotopic (exact) mass is 238 g/mol. The van der Waals surface area contributed by atoms with Crippen LogP contribution in [0.2, 0.25) is 0 Å². The van der Waals surface area contributed by atoms with Crippen LogP contribution < -0.4 is 11.1 Å². The Balaban J connectivity index is 2.29. The molecule has 0 fully saturated rings. The molecule has 0 spiro atoms. The van der Waals surface area contributed by atoms with Crippen LogP contribution in [0.15, 0.2) is 36.4 Å². The summed E-state index contributed by atoms with van der Waals surface area (Å²) in [5.74, 6) is 0. The summed E-state index contributed by atoms with van der Waals surface area (Å²) < 4.78 is 0. The summed E-state index contributed by atoms with van der Waals surface area (Å²) in [6.07, 6.45) is 0. The van der Waals surface area contributed by atoms with Gasteiger partial charge >= 0.3 is 0 Å². The number of fused-ring (bicyclic) bond motifs is 2. The van der Waals surface area contributed by atoms with Crippen molar-refractivity contribution in [2.75, 3.05) is 17.6 Å². The zero-order chi connectivity index (χ0) is 12.5. The maximum Gasteiger partial charge on any atom is 0.0916 e. The molecule has 1 heterocycles. The number of nitrogens with zero attached hydrogens (tertiary/aromatic N) is 2. The van der Waals surface area contributed by atoms with Crippen LogP contribution in [0.3, 0.4) is 0 Å². The normalized spacial score (nSPS) is 10.9. The van der Waals surface area contributed by atoms with Crippen LogP contribution in [0.25, 0.3) is 22.1 Å². The number of nitrogen functional groups attached to an aromatic ring is 1. The molecule has 3 rings (SSSR count). The van der Waals surface area contributed by atoms with Crippen molar-refractivity contribution in [2.45, 2.75) is 6.92 Å². The first kappa shape index (κ1) is 10.8. The van der Waals surface area contributed by atoms with Gasteiger partial charge in [-0.05, 0) is 31.2 Å². The summed E-state index contributed by atoms with van der Waals surface area (Å²) in [6, 6.07) is 11.7. The lowest BCUT2D eigenvalue weighted by Crippen LogP contribution is -2.01. The Bertz CT molecular complexity index is 721. The standard InChI is InChI=1S/C14H14N4/c1-2-16-12-8-14-13(7-9(12)15)17-10-5-3-4-6-11(10)18-14/h3-8,16H,2,15H2,1H3. The zero-order valence-electron chi connectivity index (χ0n) is 10.1. The van der Waals surface area contributed by atoms with Crippen LogP contribution in [-0.4, -0.2) is 16.5 Å². The maximum absolute atomic E-state index is 5.99. The molecule has 0 aliphatic rings. The van der Waals surface area contributed by atoms with Gasteiger partial charge in [0, 0.05) is 6.54 Å². The van der Waals surface area contributed by atoms with E-state index in [2.05, 4.69) is 15.3 Å². The minimum Gasteiger partial charge on any atom is -0.397 e. The average Bonchev–Trinajstić information content (AvgIpc) is 2.38. The highest BCUT2D eigenvalue weighted by Gasteiger charge is 2.05. The molecule has 3 aromatic rings. The van der Waals surface area contributed by atoms with Crippen LogP contribution in [0.4, 0.5) is 11.4 Å². The van der Waals surface area contributed by atoms with Crippen molar-refractivity contribution in [1.82, 2.24) is 9.97 Å². The number of nitrogens with one attached hydrogen (secondary N) is 1. The highest BCUT2D eigenvalue weighted by Crippen LogP contribution is 2.25. The van der Waals surface area contributed by atoms with Crippen molar-refractivity contribution in [3.05, 3.63) is 36.4 Å². The second kappa shape index (κ2) is 4.14. The molecular formula is C14H14N4. The van der Waals surface area contributed by atoms with Crippen molar-refractivity contribution in [3.8, 4) is 0 Å². The van der Waals surface area contributed by atoms with E-state index in [4.69, 9.17) is 5.73 Å². The molecule has 2 aromatic carbocycles. The molecule has 0 unspecified atom stereocenters. The Morgan fingerprint density at radius 3 is 2.22 bits per heavy atom. The molecule has 0 aliphatic heterocycles. The van der Waals surface area contributed by atoms with E-state index >= 15 is 0 Å². The van der Waals surface area contributed by atoms with Gasteiger partial charge in [0.2, 0.25) is 0 Å². The third-order valence-electron chi connectivity index (χ3n) is 2.88. The summed E-state index contributed by atoms with van der Waals surface area (Å²) >= 11 is 0. The lowest BCUT2D eigenvalue weighted by molar-refractivity contribution is 1.21. The van der Waals surface area contributed by atoms with E-state index in [1.165, 1.54) is 0 Å². The molecule has 0 saturated heterocycles. The van der Waals surface area contributed by atoms with Gasteiger partial charge in [0.25, 0.3) is 0 Å². The molecule has 18 heavy (non-hydrogen) atoms. The zero-order valence-corrected chi connectivity index (χ0v) is 10.1. The smallest absolute Gasteiger partial charge is 0.0916 e. The van der Waals surface area contributed by atoms with E-state index in [0.717, 1.165) is 34.3 Å². The van der Waals surface area contributed by atoms with E-state index in [0.29, 0.717) is 5.69 Å². The number of anilines is 2. The molecule has 4 heteroatoms. The molecule has 0 bridgehead atoms. The Labute approximate surface area is 105 Å². The van der Waals surface area contributed by atoms with E-state index < -0.39 is 0 Å². The summed E-state index contributed by atoms with van der Waals surface area (Å²) in [7, 11) is 0. The average molecular weight is 238 g/mol. The second-order valence-corrected chi connectivity index (χ2v) is 4.17. The van der Waals surface area contributed by atoms with Crippen molar-refractivity contribution >= 4 is 33.4 Å². The van der Waals surface area contributed by atoms with E-state index in [-0.39, 0.29) is 0 Å². The first-order valence-electron chi connectivity index (χ1n) is 5.98. The molecule has 0 aliphatic carbocycles. The van der Waals surface area contributed by atoms with Gasteiger partial charge in [0.15, 0.2) is 0 Å². The Morgan fingerprint density at radius 2 is 1.61 bits per heavy atom. The summed E-state index contributed by atoms with van der Waals surface area (Å²) in [6.45, 7) is 2.87. The van der Waals surface area contributed by atoms with Crippen molar-refractivity contribution < 1.29 is 0 Å². The molecule has 0 radical (unpaired) electrons. The highest BCUT2D eigenvalue weighted by atomic mass is 14.9. The van der Waals surface area contributed by atoms with Crippen LogP contribution >= 0.6 is 0 Å². The van der Waals surface area contributed by atoms with Gasteiger partial charge in [-0.15, -0.1) is 0 Å². The lowest BCUT2D eigenvalue weighted by atomic mass is 10.2. The molecule has 90 valence electrons. The van der Waals surface area contributed by atoms with Gasteiger partial charge in [0.1, 0.15) is 0 Å². The first-order chi connectivity index (χ1) is 8.78. The number of rotatable bonds is 2. The first-order valence-corrected chi connectivity index (χ1v) is 5.98. The molecule has 0 atom stereocenters. The number of hydrogen-bond donors (Lipinski definition) is 2. The minimum absolute atomic E-state index is 0.703. The van der Waals surface area contributed by atoms with Crippen LogP contribution in [0.1, 0.15) is 6.92 Å². The van der Waals surface area contributed by atoms with Crippen LogP contribution in [-0.2, 0) is 0 Å². The van der Waals surface area contributed by atoms with Crippen LogP contribution in [0, 0.1) is 0 Å². The number of nitrogens with two attached hydrogens (primary N) is 1. The SMILES string of the molecule is CCNc1cc2nc3ccccc3nc2cc1N. The molecule has 0 amide bonds. The van der Waals surface area contributed by atoms with Crippen LogP contribution in [0.5, 0.6) is 0 Å². The lowest BCUT2D eigenvalue weighted by Gasteiger charge is -2.08. The number of para-hydroxylation sites is 2. The summed E-state index contributed by atoms with van der Waals surface area (Å²) in [5.41, 5.74) is 11.1. The molecular weight excluding hydrogens is 224 g/mol. The predicted molar refractivity (Wildman–Crippen MR) is 75.6 cm³/mol. The third-order valence-corrected chi connectivity index (χ3v) is 2.88. The van der Waals surface area contributed by atoms with Crippen molar-refractivity contribution in [2.24, 2.45) is 0 Å². The predicted octanol–water partition coefficient (Wildman–Crippen LogP) is 2.80. The fourth-order valence-corrected chi connectivity index (χ4v) is 2.03. The number of hydrogen-bond acceptors (Lipinski definition) is 4. The number of aromatic nitrogens is 2. The van der Waals surface area contributed by atoms with Crippen molar-refractivity contribution in [1.29, 1.82) is 0 Å². The molecule has 4 nitrogen and oxygen atoms in total. The maximum atomic E-state index is 5.99. The van der Waals surface area contributed by atoms with E-state index in [1.54, 1.807) is 0 Å². The van der Waals surface area contributed by atoms with Gasteiger partial charge in [-0.2, -0.15) is 0 Å². The number of benzene rings is 2. The van der Waals surface area contributed by atoms with Gasteiger partial charge in [0.05, 0.1) is 33.4 Å². The van der Waals surface area contributed by atoms with Gasteiger partial charge < -0.3 is 11.1 Å². The fraction of sp³-hybridized carbons (Fsp3) is 0.143. The molecule has 3 N–H and O–H groups in total. The van der Waals surface area contributed by atoms with Gasteiger partial charge in [-0.1, -0.05) is 12.1 Å². The second-order valence-electron chi connectivity index (χ2n) is 4.17. The largest absolute Gasteiger partial charge is 0.397 e. The Morgan fingerprint density at radius 1 is 1.00 bits per heavy atom. The summed E-state index contributed by atoms with van der Waals surface area (Å²) in [4.78, 5) is 9.17. The van der Waals surface area contributed by atoms with Crippen molar-refractivity contribution in [3.63, 3.8) is 0 Å². The van der Waals surface area contributed by atoms with E-state index in [1.807, 2.05) is 43.3 Å². The van der Waals surface area contributed by atoms with Gasteiger partial charge in [-0.25, -0.2) is 9.97 Å². The Kier molecular flexibility index (Phi) is 2.48. The molecule has 0 saturated carbocycles. The molecule has 1 aromatic heterocycles. The fourth-order valence-electron chi connectivity index (χ4n) is 2.03. The minimum atomic E-state index is 0.703. The quantitative estimate of drug-likeness (QED) is 0.532. The Hall–Kier alpha value is -2.36. The van der Waals surface area contributed by atoms with E-state index in [9.17, 15) is 0 Å². The summed E-state index contributed by atoms with van der Waals surface area (Å²) in [5, 5.41) is 3.22. The third kappa shape index (κ3) is 1.72.